The van der Waals surface area contributed by atoms with Gasteiger partial charge < -0.3 is 4.74 Å². The van der Waals surface area contributed by atoms with Crippen molar-refractivity contribution >= 4 is 11.9 Å². The highest BCUT2D eigenvalue weighted by Gasteiger charge is 2.06. The van der Waals surface area contributed by atoms with Crippen LogP contribution in [0.15, 0.2) is 12.7 Å². The molecule has 0 radical (unpaired) electrons. The summed E-state index contributed by atoms with van der Waals surface area (Å²) in [7, 11) is 0. The minimum absolute atomic E-state index is 0.332. The number of ether oxygens (including phenoxy) is 1. The molecule has 0 aromatic rings. The third-order valence-corrected chi connectivity index (χ3v) is 4.87. The Morgan fingerprint density at radius 2 is 1.00 bits per heavy atom. The Kier molecular flexibility index (Phi) is 19.3. The number of rotatable bonds is 19. The third-order valence-electron chi connectivity index (χ3n) is 4.87. The zero-order valence-electron chi connectivity index (χ0n) is 17.2. The van der Waals surface area contributed by atoms with E-state index in [0.29, 0.717) is 6.42 Å². The van der Waals surface area contributed by atoms with Crippen molar-refractivity contribution in [3.63, 3.8) is 0 Å². The fraction of sp³-hybridized carbons (Fsp3) is 0.826. The predicted octanol–water partition coefficient (Wildman–Crippen LogP) is 7.28. The summed E-state index contributed by atoms with van der Waals surface area (Å²) in [6.07, 6.45) is 23.7. The van der Waals surface area contributed by atoms with Gasteiger partial charge in [-0.15, -0.1) is 0 Å². The van der Waals surface area contributed by atoms with Crippen molar-refractivity contribution in [2.75, 3.05) is 0 Å². The van der Waals surface area contributed by atoms with Crippen molar-refractivity contribution in [3.8, 4) is 0 Å². The Morgan fingerprint density at radius 3 is 1.35 bits per heavy atom. The highest BCUT2D eigenvalue weighted by molar-refractivity contribution is 5.91. The molecule has 0 bridgehead atoms. The van der Waals surface area contributed by atoms with Crippen LogP contribution in [0.1, 0.15) is 122 Å². The summed E-state index contributed by atoms with van der Waals surface area (Å²) in [4.78, 5) is 22.1. The summed E-state index contributed by atoms with van der Waals surface area (Å²) in [5.41, 5.74) is 0. The lowest BCUT2D eigenvalue weighted by Gasteiger charge is -2.04. The maximum Gasteiger partial charge on any atom is 0.337 e. The number of esters is 2. The molecule has 152 valence electrons. The number of carbonyl (C=O) groups is 2. The van der Waals surface area contributed by atoms with Gasteiger partial charge in [0.1, 0.15) is 0 Å². The van der Waals surface area contributed by atoms with Crippen molar-refractivity contribution in [1.29, 1.82) is 0 Å². The van der Waals surface area contributed by atoms with E-state index in [9.17, 15) is 9.59 Å². The second kappa shape index (κ2) is 20.2. The normalized spacial score (nSPS) is 10.7. The van der Waals surface area contributed by atoms with Gasteiger partial charge in [0, 0.05) is 12.5 Å². The van der Waals surface area contributed by atoms with Gasteiger partial charge in [-0.2, -0.15) is 0 Å². The molecule has 3 heteroatoms. The monoisotopic (exact) mass is 366 g/mol. The number of carbonyl (C=O) groups excluding carboxylic acids is 2. The molecule has 3 nitrogen and oxygen atoms in total. The van der Waals surface area contributed by atoms with Gasteiger partial charge in [-0.05, 0) is 6.42 Å². The SMILES string of the molecule is C=CC(=O)OC(=O)CCCCCCCCCCCCCCCCCCC. The molecule has 26 heavy (non-hydrogen) atoms. The summed E-state index contributed by atoms with van der Waals surface area (Å²) >= 11 is 0. The summed E-state index contributed by atoms with van der Waals surface area (Å²) in [5, 5.41) is 0. The average molecular weight is 367 g/mol. The molecule has 0 atom stereocenters. The van der Waals surface area contributed by atoms with Gasteiger partial charge in [0.2, 0.25) is 0 Å². The van der Waals surface area contributed by atoms with E-state index in [1.807, 2.05) is 0 Å². The molecule has 0 aliphatic rings. The van der Waals surface area contributed by atoms with Crippen LogP contribution in [-0.2, 0) is 14.3 Å². The maximum atomic E-state index is 11.3. The Balaban J connectivity index is 3.12. The quantitative estimate of drug-likeness (QED) is 0.104. The fourth-order valence-electron chi connectivity index (χ4n) is 3.20. The van der Waals surface area contributed by atoms with Crippen LogP contribution in [0.3, 0.4) is 0 Å². The Morgan fingerprint density at radius 1 is 0.654 bits per heavy atom. The number of unbranched alkanes of at least 4 members (excludes halogenated alkanes) is 16. The molecule has 0 aromatic heterocycles. The predicted molar refractivity (Wildman–Crippen MR) is 110 cm³/mol. The molecular formula is C23H42O3. The smallest absolute Gasteiger partial charge is 0.337 e. The summed E-state index contributed by atoms with van der Waals surface area (Å²) < 4.78 is 4.53. The largest absolute Gasteiger partial charge is 0.390 e. The number of hydrogen-bond acceptors (Lipinski definition) is 3. The molecule has 0 aliphatic carbocycles. The maximum absolute atomic E-state index is 11.3. The first-order valence-corrected chi connectivity index (χ1v) is 11.1. The van der Waals surface area contributed by atoms with Gasteiger partial charge in [0.25, 0.3) is 0 Å². The Bertz CT molecular complexity index is 349. The minimum atomic E-state index is -0.651. The molecule has 0 rings (SSSR count). The third kappa shape index (κ3) is 19.2. The van der Waals surface area contributed by atoms with Gasteiger partial charge in [-0.1, -0.05) is 116 Å². The van der Waals surface area contributed by atoms with Crippen molar-refractivity contribution in [1.82, 2.24) is 0 Å². The lowest BCUT2D eigenvalue weighted by Crippen LogP contribution is -2.09. The Labute approximate surface area is 162 Å². The summed E-state index contributed by atoms with van der Waals surface area (Å²) in [6.45, 7) is 5.54. The molecule has 0 spiro atoms. The van der Waals surface area contributed by atoms with Gasteiger partial charge in [-0.25, -0.2) is 4.79 Å². The first kappa shape index (κ1) is 24.9. The molecule has 0 aliphatic heterocycles. The van der Waals surface area contributed by atoms with Crippen molar-refractivity contribution < 1.29 is 14.3 Å². The van der Waals surface area contributed by atoms with Crippen LogP contribution in [0.25, 0.3) is 0 Å². The van der Waals surface area contributed by atoms with Crippen molar-refractivity contribution in [2.24, 2.45) is 0 Å². The lowest BCUT2D eigenvalue weighted by atomic mass is 10.0. The van der Waals surface area contributed by atoms with E-state index in [1.165, 1.54) is 96.3 Å². The molecule has 0 N–H and O–H groups in total. The molecule has 0 aromatic carbocycles. The van der Waals surface area contributed by atoms with E-state index in [-0.39, 0.29) is 0 Å². The molecular weight excluding hydrogens is 324 g/mol. The fourth-order valence-corrected chi connectivity index (χ4v) is 3.20. The van der Waals surface area contributed by atoms with Gasteiger partial charge >= 0.3 is 11.9 Å². The van der Waals surface area contributed by atoms with Crippen LogP contribution in [-0.4, -0.2) is 11.9 Å². The Hall–Kier alpha value is -1.12. The van der Waals surface area contributed by atoms with Crippen molar-refractivity contribution in [2.45, 2.75) is 122 Å². The van der Waals surface area contributed by atoms with E-state index >= 15 is 0 Å². The van der Waals surface area contributed by atoms with E-state index in [2.05, 4.69) is 18.2 Å². The van der Waals surface area contributed by atoms with Crippen LogP contribution < -0.4 is 0 Å². The summed E-state index contributed by atoms with van der Waals surface area (Å²) in [6, 6.07) is 0. The number of hydrogen-bond donors (Lipinski definition) is 0. The lowest BCUT2D eigenvalue weighted by molar-refractivity contribution is -0.156. The van der Waals surface area contributed by atoms with E-state index < -0.39 is 11.9 Å². The standard InChI is InChI=1S/C23H42O3/c1-3-5-6-7-8-9-10-11-12-13-14-15-16-17-18-19-20-21-23(25)26-22(24)4-2/h4H,2-3,5-21H2,1H3. The zero-order chi connectivity index (χ0) is 19.3. The molecule has 0 unspecified atom stereocenters. The molecule has 0 heterocycles. The minimum Gasteiger partial charge on any atom is -0.390 e. The van der Waals surface area contributed by atoms with Gasteiger partial charge in [0.15, 0.2) is 0 Å². The van der Waals surface area contributed by atoms with Crippen LogP contribution in [0.5, 0.6) is 0 Å². The zero-order valence-corrected chi connectivity index (χ0v) is 17.2. The van der Waals surface area contributed by atoms with Gasteiger partial charge in [-0.3, -0.25) is 4.79 Å². The second-order valence-electron chi connectivity index (χ2n) is 7.40. The van der Waals surface area contributed by atoms with Crippen LogP contribution >= 0.6 is 0 Å². The van der Waals surface area contributed by atoms with Crippen LogP contribution in [0.4, 0.5) is 0 Å². The molecule has 0 fully saturated rings. The second-order valence-corrected chi connectivity index (χ2v) is 7.40. The first-order chi connectivity index (χ1) is 12.7. The molecule has 0 saturated carbocycles. The van der Waals surface area contributed by atoms with Crippen LogP contribution in [0, 0.1) is 0 Å². The average Bonchev–Trinajstić information content (AvgIpc) is 2.64. The van der Waals surface area contributed by atoms with Crippen molar-refractivity contribution in [3.05, 3.63) is 12.7 Å². The van der Waals surface area contributed by atoms with E-state index in [4.69, 9.17) is 0 Å². The molecule has 0 saturated heterocycles. The first-order valence-electron chi connectivity index (χ1n) is 11.1. The summed E-state index contributed by atoms with van der Waals surface area (Å²) in [5.74, 6) is -1.09. The topological polar surface area (TPSA) is 43.4 Å². The highest BCUT2D eigenvalue weighted by atomic mass is 16.6. The van der Waals surface area contributed by atoms with E-state index in [0.717, 1.165) is 18.9 Å². The molecule has 0 amide bonds. The van der Waals surface area contributed by atoms with E-state index in [1.54, 1.807) is 0 Å². The highest BCUT2D eigenvalue weighted by Crippen LogP contribution is 2.14. The van der Waals surface area contributed by atoms with Gasteiger partial charge in [0.05, 0.1) is 0 Å². The van der Waals surface area contributed by atoms with Crippen LogP contribution in [0.2, 0.25) is 0 Å².